The lowest BCUT2D eigenvalue weighted by atomic mass is 9.91. The molecule has 0 radical (unpaired) electrons. The summed E-state index contributed by atoms with van der Waals surface area (Å²) in [7, 11) is 0. The van der Waals surface area contributed by atoms with E-state index in [1.54, 1.807) is 12.3 Å². The van der Waals surface area contributed by atoms with Gasteiger partial charge in [0.2, 0.25) is 0 Å². The Morgan fingerprint density at radius 2 is 2.45 bits per heavy atom. The molecule has 0 saturated carbocycles. The summed E-state index contributed by atoms with van der Waals surface area (Å²) < 4.78 is 0. The molecule has 0 aromatic carbocycles. The van der Waals surface area contributed by atoms with Crippen LogP contribution in [0.25, 0.3) is 0 Å². The molecule has 11 heavy (non-hydrogen) atoms. The van der Waals surface area contributed by atoms with Crippen LogP contribution in [0.4, 0.5) is 0 Å². The van der Waals surface area contributed by atoms with Gasteiger partial charge in [-0.15, -0.1) is 0 Å². The van der Waals surface area contributed by atoms with Crippen molar-refractivity contribution in [3.8, 4) is 0 Å². The molecule has 2 rings (SSSR count). The largest absolute Gasteiger partial charge is 0.364 e. The molecule has 0 fully saturated rings. The molecule has 1 heterocycles. The third-order valence-electron chi connectivity index (χ3n) is 2.00. The summed E-state index contributed by atoms with van der Waals surface area (Å²) in [4.78, 5) is 11.2. The van der Waals surface area contributed by atoms with Crippen molar-refractivity contribution >= 4 is 5.78 Å². The molecule has 56 valence electrons. The zero-order valence-corrected chi connectivity index (χ0v) is 6.08. The Labute approximate surface area is 65.3 Å². The first-order chi connectivity index (χ1) is 5.38. The molecule has 2 nitrogen and oxygen atoms in total. The Morgan fingerprint density at radius 3 is 3.27 bits per heavy atom. The maximum Gasteiger partial charge on any atom is 0.166 e. The first kappa shape index (κ1) is 6.40. The van der Waals surface area contributed by atoms with Gasteiger partial charge in [-0.05, 0) is 18.6 Å². The third-order valence-corrected chi connectivity index (χ3v) is 2.00. The second-order valence-electron chi connectivity index (χ2n) is 2.72. The number of hydrogen-bond acceptors (Lipinski definition) is 2. The summed E-state index contributed by atoms with van der Waals surface area (Å²) >= 11 is 0. The topological polar surface area (TPSA) is 29.1 Å². The van der Waals surface area contributed by atoms with E-state index < -0.39 is 0 Å². The Kier molecular flexibility index (Phi) is 1.39. The Morgan fingerprint density at radius 1 is 1.55 bits per heavy atom. The van der Waals surface area contributed by atoms with Crippen LogP contribution in [0.3, 0.4) is 0 Å². The van der Waals surface area contributed by atoms with Crippen molar-refractivity contribution < 1.29 is 4.79 Å². The summed E-state index contributed by atoms with van der Waals surface area (Å²) in [5.41, 5.74) is 1.03. The van der Waals surface area contributed by atoms with Crippen LogP contribution < -0.4 is 5.32 Å². The minimum Gasteiger partial charge on any atom is -0.364 e. The predicted molar refractivity (Wildman–Crippen MR) is 42.6 cm³/mol. The van der Waals surface area contributed by atoms with E-state index in [1.807, 2.05) is 18.2 Å². The lowest BCUT2D eigenvalue weighted by molar-refractivity contribution is -0.117. The third kappa shape index (κ3) is 1.00. The second kappa shape index (κ2) is 2.38. The Bertz CT molecular complexity index is 273. The monoisotopic (exact) mass is 147 g/mol. The van der Waals surface area contributed by atoms with Crippen molar-refractivity contribution in [2.75, 3.05) is 0 Å². The van der Waals surface area contributed by atoms with Gasteiger partial charge in [0.25, 0.3) is 0 Å². The van der Waals surface area contributed by atoms with Crippen LogP contribution in [0.2, 0.25) is 0 Å². The molecule has 1 N–H and O–H groups in total. The van der Waals surface area contributed by atoms with E-state index in [4.69, 9.17) is 0 Å². The molecule has 0 saturated heterocycles. The van der Waals surface area contributed by atoms with Crippen LogP contribution in [0.1, 0.15) is 6.42 Å². The number of nitrogens with one attached hydrogen (secondary N) is 1. The number of carbonyl (C=O) groups excluding carboxylic acids is 1. The van der Waals surface area contributed by atoms with E-state index in [1.165, 1.54) is 0 Å². The maximum atomic E-state index is 11.2. The highest BCUT2D eigenvalue weighted by Crippen LogP contribution is 2.21. The van der Waals surface area contributed by atoms with Crippen LogP contribution in [0.5, 0.6) is 0 Å². The SMILES string of the molecule is O=C1C=CNC2=CC=CCC12. The zero-order valence-electron chi connectivity index (χ0n) is 6.08. The van der Waals surface area contributed by atoms with E-state index in [9.17, 15) is 4.79 Å². The molecule has 1 unspecified atom stereocenters. The first-order valence-electron chi connectivity index (χ1n) is 3.71. The number of hydrogen-bond donors (Lipinski definition) is 1. The van der Waals surface area contributed by atoms with Crippen molar-refractivity contribution in [2.24, 2.45) is 5.92 Å². The van der Waals surface area contributed by atoms with E-state index >= 15 is 0 Å². The average Bonchev–Trinajstić information content (AvgIpc) is 2.06. The highest BCUT2D eigenvalue weighted by atomic mass is 16.1. The van der Waals surface area contributed by atoms with Gasteiger partial charge in [0.15, 0.2) is 5.78 Å². The average molecular weight is 147 g/mol. The van der Waals surface area contributed by atoms with Crippen LogP contribution >= 0.6 is 0 Å². The minimum atomic E-state index is 0.0602. The zero-order chi connectivity index (χ0) is 7.68. The smallest absolute Gasteiger partial charge is 0.166 e. The van der Waals surface area contributed by atoms with Crippen LogP contribution in [0.15, 0.2) is 36.2 Å². The predicted octanol–water partition coefficient (Wildman–Crippen LogP) is 1.13. The maximum absolute atomic E-state index is 11.2. The van der Waals surface area contributed by atoms with Crippen molar-refractivity contribution in [3.05, 3.63) is 36.2 Å². The highest BCUT2D eigenvalue weighted by molar-refractivity contribution is 5.95. The number of ketones is 1. The molecule has 1 aliphatic carbocycles. The van der Waals surface area contributed by atoms with Crippen molar-refractivity contribution in [1.82, 2.24) is 5.32 Å². The fourth-order valence-corrected chi connectivity index (χ4v) is 1.38. The summed E-state index contributed by atoms with van der Waals surface area (Å²) in [5.74, 6) is 0.268. The molecule has 0 bridgehead atoms. The van der Waals surface area contributed by atoms with E-state index in [0.717, 1.165) is 12.1 Å². The van der Waals surface area contributed by atoms with E-state index in [0.29, 0.717) is 0 Å². The van der Waals surface area contributed by atoms with Gasteiger partial charge >= 0.3 is 0 Å². The summed E-state index contributed by atoms with van der Waals surface area (Å²) in [5, 5.41) is 3.06. The summed E-state index contributed by atoms with van der Waals surface area (Å²) in [6.07, 6.45) is 10.1. The molecular formula is C9H9NO. The van der Waals surface area contributed by atoms with Crippen LogP contribution in [-0.2, 0) is 4.79 Å². The minimum absolute atomic E-state index is 0.0602. The molecular weight excluding hydrogens is 138 g/mol. The molecule has 1 aliphatic heterocycles. The molecule has 0 aromatic rings. The number of allylic oxidation sites excluding steroid dienone is 5. The standard InChI is InChI=1S/C9H9NO/c11-9-5-6-10-8-4-2-1-3-7(8)9/h1-2,4-7,10H,3H2. The van der Waals surface area contributed by atoms with Gasteiger partial charge in [-0.3, -0.25) is 4.79 Å². The van der Waals surface area contributed by atoms with Gasteiger partial charge in [-0.25, -0.2) is 0 Å². The van der Waals surface area contributed by atoms with Gasteiger partial charge in [-0.2, -0.15) is 0 Å². The quantitative estimate of drug-likeness (QED) is 0.556. The van der Waals surface area contributed by atoms with Crippen molar-refractivity contribution in [2.45, 2.75) is 6.42 Å². The number of carbonyl (C=O) groups is 1. The van der Waals surface area contributed by atoms with Crippen molar-refractivity contribution in [1.29, 1.82) is 0 Å². The molecule has 2 heteroatoms. The lowest BCUT2D eigenvalue weighted by Crippen LogP contribution is -2.27. The fourth-order valence-electron chi connectivity index (χ4n) is 1.38. The van der Waals surface area contributed by atoms with Gasteiger partial charge in [0, 0.05) is 11.9 Å². The first-order valence-corrected chi connectivity index (χ1v) is 3.71. The van der Waals surface area contributed by atoms with Gasteiger partial charge in [-0.1, -0.05) is 12.2 Å². The number of fused-ring (bicyclic) bond motifs is 1. The van der Waals surface area contributed by atoms with E-state index in [-0.39, 0.29) is 11.7 Å². The van der Waals surface area contributed by atoms with Crippen molar-refractivity contribution in [3.63, 3.8) is 0 Å². The number of rotatable bonds is 0. The van der Waals surface area contributed by atoms with Crippen LogP contribution in [0, 0.1) is 5.92 Å². The summed E-state index contributed by atoms with van der Waals surface area (Å²) in [6, 6.07) is 0. The van der Waals surface area contributed by atoms with Gasteiger partial charge in [0.1, 0.15) is 0 Å². The fraction of sp³-hybridized carbons (Fsp3) is 0.222. The highest BCUT2D eigenvalue weighted by Gasteiger charge is 2.22. The molecule has 0 spiro atoms. The van der Waals surface area contributed by atoms with E-state index in [2.05, 4.69) is 5.32 Å². The normalized spacial score (nSPS) is 27.5. The Balaban J connectivity index is 2.34. The molecule has 1 atom stereocenters. The van der Waals surface area contributed by atoms with Gasteiger partial charge in [0.05, 0.1) is 5.92 Å². The van der Waals surface area contributed by atoms with Gasteiger partial charge < -0.3 is 5.32 Å². The Hall–Kier alpha value is -1.31. The molecule has 0 aromatic heterocycles. The van der Waals surface area contributed by atoms with Crippen LogP contribution in [-0.4, -0.2) is 5.78 Å². The molecule has 2 aliphatic rings. The summed E-state index contributed by atoms with van der Waals surface area (Å²) in [6.45, 7) is 0. The second-order valence-corrected chi connectivity index (χ2v) is 2.72. The molecule has 0 amide bonds. The lowest BCUT2D eigenvalue weighted by Gasteiger charge is -2.22.